The Morgan fingerprint density at radius 1 is 1.24 bits per heavy atom. The van der Waals surface area contributed by atoms with Crippen molar-refractivity contribution in [3.63, 3.8) is 0 Å². The van der Waals surface area contributed by atoms with Gasteiger partial charge in [0.2, 0.25) is 0 Å². The van der Waals surface area contributed by atoms with E-state index in [0.717, 1.165) is 37.3 Å². The predicted molar refractivity (Wildman–Crippen MR) is 101 cm³/mol. The fraction of sp³-hybridized carbons (Fsp3) is 0.684. The molecule has 0 radical (unpaired) electrons. The summed E-state index contributed by atoms with van der Waals surface area (Å²) in [6.07, 6.45) is 1.76. The van der Waals surface area contributed by atoms with E-state index in [0.29, 0.717) is 13.9 Å². The van der Waals surface area contributed by atoms with Gasteiger partial charge in [0.1, 0.15) is 11.9 Å². The fourth-order valence-electron chi connectivity index (χ4n) is 2.68. The molecule has 0 spiro atoms. The third kappa shape index (κ3) is 5.98. The number of aliphatic hydroxyl groups is 1. The van der Waals surface area contributed by atoms with Crippen molar-refractivity contribution in [2.24, 2.45) is 0 Å². The number of rotatable bonds is 9. The van der Waals surface area contributed by atoms with Crippen LogP contribution in [0.25, 0.3) is 0 Å². The van der Waals surface area contributed by atoms with Crippen LogP contribution in [0.3, 0.4) is 0 Å². The van der Waals surface area contributed by atoms with Gasteiger partial charge in [0.05, 0.1) is 17.9 Å². The van der Waals surface area contributed by atoms with E-state index in [1.807, 2.05) is 38.1 Å². The van der Waals surface area contributed by atoms with E-state index in [2.05, 4.69) is 4.90 Å². The van der Waals surface area contributed by atoms with Gasteiger partial charge in [-0.15, -0.1) is 0 Å². The molecular weight excluding hydrogens is 320 g/mol. The Labute approximate surface area is 151 Å². The molecule has 1 heterocycles. The third-order valence-electron chi connectivity index (χ3n) is 5.14. The van der Waals surface area contributed by atoms with Crippen LogP contribution in [0.15, 0.2) is 24.3 Å². The zero-order valence-corrected chi connectivity index (χ0v) is 15.9. The average molecular weight is 351 g/mol. The smallest absolute Gasteiger partial charge is 0.309 e. The van der Waals surface area contributed by atoms with Crippen LogP contribution in [0, 0.1) is 0 Å². The summed E-state index contributed by atoms with van der Waals surface area (Å²) >= 11 is 0. The Hall–Kier alpha value is -1.11. The van der Waals surface area contributed by atoms with Crippen LogP contribution < -0.4 is 10.2 Å². The Kier molecular flexibility index (Phi) is 6.89. The Bertz CT molecular complexity index is 530. The van der Waals surface area contributed by atoms with Gasteiger partial charge in [0.15, 0.2) is 0 Å². The molecule has 6 heteroatoms. The first-order chi connectivity index (χ1) is 11.7. The van der Waals surface area contributed by atoms with Crippen molar-refractivity contribution in [2.75, 3.05) is 26.3 Å². The minimum Gasteiger partial charge on any atom is -0.489 e. The minimum absolute atomic E-state index is 0.177. The van der Waals surface area contributed by atoms with E-state index in [1.54, 1.807) is 13.8 Å². The molecule has 1 aromatic carbocycles. The Morgan fingerprint density at radius 2 is 1.92 bits per heavy atom. The van der Waals surface area contributed by atoms with Crippen molar-refractivity contribution < 1.29 is 18.9 Å². The maximum atomic E-state index is 12.2. The third-order valence-corrected chi connectivity index (χ3v) is 5.14. The van der Waals surface area contributed by atoms with Gasteiger partial charge in [-0.1, -0.05) is 17.6 Å². The summed E-state index contributed by atoms with van der Waals surface area (Å²) in [6.45, 7) is 9.68. The van der Waals surface area contributed by atoms with Crippen molar-refractivity contribution in [3.8, 4) is 5.75 Å². The number of likely N-dealkylation sites (tertiary alicyclic amines) is 1. The van der Waals surface area contributed by atoms with Crippen molar-refractivity contribution in [3.05, 3.63) is 24.3 Å². The van der Waals surface area contributed by atoms with E-state index in [9.17, 15) is 9.50 Å². The number of hydrogen-bond acceptors (Lipinski definition) is 4. The van der Waals surface area contributed by atoms with Gasteiger partial charge in [-0.25, -0.2) is 0 Å². The summed E-state index contributed by atoms with van der Waals surface area (Å²) in [5, 5.41) is 10.1. The number of alkyl halides is 1. The molecule has 1 atom stereocenters. The first-order valence-corrected chi connectivity index (χ1v) is 9.11. The van der Waals surface area contributed by atoms with E-state index in [1.165, 1.54) is 0 Å². The molecule has 0 bridgehead atoms. The van der Waals surface area contributed by atoms with Crippen molar-refractivity contribution in [1.82, 2.24) is 4.90 Å². The SMILES string of the molecule is CC(C)(O)C(C)(C)OBc1ccc(OC2CCN(CCCF)C2)cc1. The lowest BCUT2D eigenvalue weighted by Crippen LogP contribution is -2.49. The van der Waals surface area contributed by atoms with Crippen LogP contribution in [0.2, 0.25) is 0 Å². The highest BCUT2D eigenvalue weighted by molar-refractivity contribution is 6.47. The maximum absolute atomic E-state index is 12.2. The van der Waals surface area contributed by atoms with Gasteiger partial charge >= 0.3 is 7.48 Å². The number of hydrogen-bond donors (Lipinski definition) is 1. The average Bonchev–Trinajstić information content (AvgIpc) is 2.98. The molecule has 1 N–H and O–H groups in total. The summed E-state index contributed by atoms with van der Waals surface area (Å²) in [7, 11) is 0.442. The molecule has 1 aromatic rings. The molecule has 1 unspecified atom stereocenters. The topological polar surface area (TPSA) is 41.9 Å². The molecule has 0 saturated carbocycles. The van der Waals surface area contributed by atoms with Crippen LogP contribution in [-0.2, 0) is 4.65 Å². The highest BCUT2D eigenvalue weighted by Crippen LogP contribution is 2.24. The largest absolute Gasteiger partial charge is 0.489 e. The molecule has 140 valence electrons. The number of nitrogens with zero attached hydrogens (tertiary/aromatic N) is 1. The van der Waals surface area contributed by atoms with E-state index in [4.69, 9.17) is 9.39 Å². The second-order valence-electron chi connectivity index (χ2n) is 7.87. The Morgan fingerprint density at radius 3 is 2.52 bits per heavy atom. The normalized spacial score (nSPS) is 19.2. The quantitative estimate of drug-likeness (QED) is 0.692. The second kappa shape index (κ2) is 8.52. The summed E-state index contributed by atoms with van der Waals surface area (Å²) in [5.41, 5.74) is -0.498. The Balaban J connectivity index is 1.80. The lowest BCUT2D eigenvalue weighted by atomic mass is 9.82. The van der Waals surface area contributed by atoms with Crippen LogP contribution in [0.5, 0.6) is 5.75 Å². The lowest BCUT2D eigenvalue weighted by molar-refractivity contribution is -0.0893. The maximum Gasteiger partial charge on any atom is 0.309 e. The van der Waals surface area contributed by atoms with Gasteiger partial charge in [-0.05, 0) is 52.7 Å². The number of ether oxygens (including phenoxy) is 1. The first kappa shape index (κ1) is 20.2. The van der Waals surface area contributed by atoms with Crippen molar-refractivity contribution in [1.29, 1.82) is 0 Å². The summed E-state index contributed by atoms with van der Waals surface area (Å²) in [5.74, 6) is 0.850. The van der Waals surface area contributed by atoms with E-state index in [-0.39, 0.29) is 12.8 Å². The molecule has 1 fully saturated rings. The van der Waals surface area contributed by atoms with E-state index < -0.39 is 11.2 Å². The molecule has 4 nitrogen and oxygen atoms in total. The van der Waals surface area contributed by atoms with Gasteiger partial charge in [-0.3, -0.25) is 9.29 Å². The lowest BCUT2D eigenvalue weighted by Gasteiger charge is -2.37. The standard InChI is InChI=1S/C19H31BFNO3/c1-18(2,23)19(3,4)25-20-15-6-8-16(9-7-15)24-17-10-13-22(14-17)12-5-11-21/h6-9,17,20,23H,5,10-14H2,1-4H3. The zero-order valence-electron chi connectivity index (χ0n) is 15.9. The molecule has 2 rings (SSSR count). The molecule has 0 amide bonds. The molecule has 25 heavy (non-hydrogen) atoms. The highest BCUT2D eigenvalue weighted by atomic mass is 19.1. The molecule has 1 aliphatic heterocycles. The number of halogens is 1. The monoisotopic (exact) mass is 351 g/mol. The van der Waals surface area contributed by atoms with Crippen LogP contribution >= 0.6 is 0 Å². The first-order valence-electron chi connectivity index (χ1n) is 9.11. The number of benzene rings is 1. The van der Waals surface area contributed by atoms with Gasteiger partial charge < -0.3 is 14.5 Å². The molecular formula is C19H31BFNO3. The van der Waals surface area contributed by atoms with Crippen LogP contribution in [0.1, 0.15) is 40.5 Å². The molecule has 1 saturated heterocycles. The van der Waals surface area contributed by atoms with Crippen molar-refractivity contribution in [2.45, 2.75) is 57.8 Å². The zero-order chi connectivity index (χ0) is 18.5. The van der Waals surface area contributed by atoms with Gasteiger partial charge in [0, 0.05) is 19.6 Å². The second-order valence-corrected chi connectivity index (χ2v) is 7.87. The summed E-state index contributed by atoms with van der Waals surface area (Å²) in [6, 6.07) is 7.90. The molecule has 0 aromatic heterocycles. The summed E-state index contributed by atoms with van der Waals surface area (Å²) < 4.78 is 24.1. The van der Waals surface area contributed by atoms with Gasteiger partial charge in [-0.2, -0.15) is 0 Å². The van der Waals surface area contributed by atoms with Crippen LogP contribution in [-0.4, -0.2) is 61.1 Å². The fourth-order valence-corrected chi connectivity index (χ4v) is 2.68. The van der Waals surface area contributed by atoms with Crippen LogP contribution in [0.4, 0.5) is 4.39 Å². The summed E-state index contributed by atoms with van der Waals surface area (Å²) in [4.78, 5) is 2.26. The van der Waals surface area contributed by atoms with Crippen molar-refractivity contribution >= 4 is 12.9 Å². The van der Waals surface area contributed by atoms with Gasteiger partial charge in [0.25, 0.3) is 0 Å². The minimum atomic E-state index is -0.910. The highest BCUT2D eigenvalue weighted by Gasteiger charge is 2.35. The molecule has 1 aliphatic rings. The predicted octanol–water partition coefficient (Wildman–Crippen LogP) is 2.04. The van der Waals surface area contributed by atoms with E-state index >= 15 is 0 Å². The molecule has 0 aliphatic carbocycles.